The number of nitrogens with one attached hydrogen (secondary N) is 2. The average Bonchev–Trinajstić information content (AvgIpc) is 3.48. The first kappa shape index (κ1) is 22.8. The van der Waals surface area contributed by atoms with Gasteiger partial charge in [0.05, 0.1) is 0 Å². The Bertz CT molecular complexity index is 1100. The number of anilines is 1. The standard InChI is InChI=1S/C24H31N5O4/c1-4-27(5-2)20(30)15-28-13-10-17-14-18(8-9-19(17)28)25-21(31)16(3)29-22(32)24(26-23(29)33)11-6-7-12-24/h8-10,13-14,16H,4-7,11-12,15H2,1-3H3,(H,25,31)(H,26,33). The Morgan fingerprint density at radius 1 is 1.15 bits per heavy atom. The van der Waals surface area contributed by atoms with Gasteiger partial charge in [-0.25, -0.2) is 9.69 Å². The largest absolute Gasteiger partial charge is 0.342 e. The summed E-state index contributed by atoms with van der Waals surface area (Å²) in [5.41, 5.74) is 0.615. The Balaban J connectivity index is 1.45. The van der Waals surface area contributed by atoms with Crippen molar-refractivity contribution in [1.29, 1.82) is 0 Å². The molecule has 1 unspecified atom stereocenters. The highest BCUT2D eigenvalue weighted by Crippen LogP contribution is 2.36. The van der Waals surface area contributed by atoms with Crippen molar-refractivity contribution < 1.29 is 19.2 Å². The Hall–Kier alpha value is -3.36. The molecule has 2 fully saturated rings. The number of carbonyl (C=O) groups is 4. The molecule has 1 aliphatic carbocycles. The van der Waals surface area contributed by atoms with Crippen LogP contribution in [-0.2, 0) is 20.9 Å². The molecular formula is C24H31N5O4. The fourth-order valence-corrected chi connectivity index (χ4v) is 4.91. The number of amides is 5. The molecule has 0 radical (unpaired) electrons. The SMILES string of the molecule is CCN(CC)C(=O)Cn1ccc2cc(NC(=O)C(C)N3C(=O)NC4(CCCC4)C3=O)ccc21. The van der Waals surface area contributed by atoms with Gasteiger partial charge in [-0.1, -0.05) is 12.8 Å². The van der Waals surface area contributed by atoms with E-state index in [4.69, 9.17) is 0 Å². The molecule has 9 nitrogen and oxygen atoms in total. The third-order valence-corrected chi connectivity index (χ3v) is 6.88. The summed E-state index contributed by atoms with van der Waals surface area (Å²) < 4.78 is 1.89. The van der Waals surface area contributed by atoms with Gasteiger partial charge in [0.25, 0.3) is 5.91 Å². The molecule has 1 aliphatic heterocycles. The van der Waals surface area contributed by atoms with Gasteiger partial charge in [0.1, 0.15) is 18.1 Å². The van der Waals surface area contributed by atoms with Crippen LogP contribution in [0.1, 0.15) is 46.5 Å². The van der Waals surface area contributed by atoms with Gasteiger partial charge in [-0.05, 0) is 57.9 Å². The van der Waals surface area contributed by atoms with E-state index < -0.39 is 23.5 Å². The van der Waals surface area contributed by atoms with Crippen molar-refractivity contribution in [1.82, 2.24) is 19.7 Å². The summed E-state index contributed by atoms with van der Waals surface area (Å²) in [4.78, 5) is 53.6. The lowest BCUT2D eigenvalue weighted by molar-refractivity contribution is -0.136. The summed E-state index contributed by atoms with van der Waals surface area (Å²) in [6.45, 7) is 7.07. The van der Waals surface area contributed by atoms with E-state index in [1.165, 1.54) is 0 Å². The molecule has 4 rings (SSSR count). The van der Waals surface area contributed by atoms with Gasteiger partial charge >= 0.3 is 6.03 Å². The van der Waals surface area contributed by atoms with Crippen molar-refractivity contribution in [3.8, 4) is 0 Å². The van der Waals surface area contributed by atoms with Gasteiger partial charge in [0, 0.05) is 35.9 Å². The van der Waals surface area contributed by atoms with Crippen LogP contribution in [0.4, 0.5) is 10.5 Å². The number of rotatable bonds is 7. The van der Waals surface area contributed by atoms with Crippen LogP contribution < -0.4 is 10.6 Å². The predicted octanol–water partition coefficient (Wildman–Crippen LogP) is 2.70. The Morgan fingerprint density at radius 2 is 1.85 bits per heavy atom. The molecule has 0 bridgehead atoms. The zero-order chi connectivity index (χ0) is 23.8. The van der Waals surface area contributed by atoms with Crippen molar-refractivity contribution in [2.75, 3.05) is 18.4 Å². The zero-order valence-corrected chi connectivity index (χ0v) is 19.4. The topological polar surface area (TPSA) is 104 Å². The molecule has 1 saturated carbocycles. The zero-order valence-electron chi connectivity index (χ0n) is 19.4. The minimum absolute atomic E-state index is 0.0531. The molecule has 5 amide bonds. The van der Waals surface area contributed by atoms with E-state index in [0.717, 1.165) is 28.6 Å². The second-order valence-electron chi connectivity index (χ2n) is 8.84. The van der Waals surface area contributed by atoms with Crippen LogP contribution in [0.3, 0.4) is 0 Å². The number of carbonyl (C=O) groups excluding carboxylic acids is 4. The third kappa shape index (κ3) is 4.07. The van der Waals surface area contributed by atoms with E-state index in [9.17, 15) is 19.2 Å². The number of hydrogen-bond acceptors (Lipinski definition) is 4. The molecule has 1 aromatic heterocycles. The van der Waals surface area contributed by atoms with Gasteiger partial charge in [-0.2, -0.15) is 0 Å². The molecule has 2 aliphatic rings. The Labute approximate surface area is 193 Å². The van der Waals surface area contributed by atoms with E-state index in [0.29, 0.717) is 31.6 Å². The molecular weight excluding hydrogens is 422 g/mol. The van der Waals surface area contributed by atoms with Crippen LogP contribution in [0.5, 0.6) is 0 Å². The number of hydrogen-bond donors (Lipinski definition) is 2. The van der Waals surface area contributed by atoms with Gasteiger partial charge in [-0.15, -0.1) is 0 Å². The molecule has 2 heterocycles. The summed E-state index contributed by atoms with van der Waals surface area (Å²) in [5.74, 6) is -0.681. The molecule has 1 aromatic carbocycles. The number of aromatic nitrogens is 1. The van der Waals surface area contributed by atoms with E-state index in [2.05, 4.69) is 10.6 Å². The van der Waals surface area contributed by atoms with Crippen molar-refractivity contribution >= 4 is 40.3 Å². The summed E-state index contributed by atoms with van der Waals surface area (Å²) in [7, 11) is 0. The Morgan fingerprint density at radius 3 is 2.52 bits per heavy atom. The number of fused-ring (bicyclic) bond motifs is 1. The number of likely N-dealkylation sites (N-methyl/N-ethyl adjacent to an activating group) is 1. The highest BCUT2D eigenvalue weighted by molar-refractivity contribution is 6.11. The number of imide groups is 1. The maximum atomic E-state index is 12.9. The van der Waals surface area contributed by atoms with Gasteiger partial charge < -0.3 is 20.1 Å². The minimum atomic E-state index is -0.926. The van der Waals surface area contributed by atoms with Crippen molar-refractivity contribution in [2.45, 2.75) is 64.6 Å². The molecule has 176 valence electrons. The lowest BCUT2D eigenvalue weighted by atomic mass is 9.97. The summed E-state index contributed by atoms with van der Waals surface area (Å²) in [5, 5.41) is 6.51. The highest BCUT2D eigenvalue weighted by atomic mass is 16.2. The van der Waals surface area contributed by atoms with E-state index in [1.54, 1.807) is 17.9 Å². The van der Waals surface area contributed by atoms with Crippen molar-refractivity contribution in [3.63, 3.8) is 0 Å². The molecule has 2 N–H and O–H groups in total. The van der Waals surface area contributed by atoms with Crippen LogP contribution in [0, 0.1) is 0 Å². The van der Waals surface area contributed by atoms with Gasteiger partial charge in [-0.3, -0.25) is 14.4 Å². The normalized spacial score (nSPS) is 18.1. The molecule has 1 spiro atoms. The quantitative estimate of drug-likeness (QED) is 0.629. The maximum absolute atomic E-state index is 12.9. The monoisotopic (exact) mass is 453 g/mol. The van der Waals surface area contributed by atoms with Crippen LogP contribution in [-0.4, -0.2) is 62.8 Å². The number of benzene rings is 1. The smallest absolute Gasteiger partial charge is 0.325 e. The fourth-order valence-electron chi connectivity index (χ4n) is 4.91. The molecule has 9 heteroatoms. The predicted molar refractivity (Wildman–Crippen MR) is 125 cm³/mol. The minimum Gasteiger partial charge on any atom is -0.342 e. The third-order valence-electron chi connectivity index (χ3n) is 6.88. The fraction of sp³-hybridized carbons (Fsp3) is 0.500. The summed E-state index contributed by atoms with van der Waals surface area (Å²) in [6.07, 6.45) is 4.87. The van der Waals surface area contributed by atoms with Gasteiger partial charge in [0.15, 0.2) is 0 Å². The van der Waals surface area contributed by atoms with Crippen molar-refractivity contribution in [3.05, 3.63) is 30.5 Å². The highest BCUT2D eigenvalue weighted by Gasteiger charge is 2.54. The second-order valence-corrected chi connectivity index (χ2v) is 8.84. The molecule has 1 saturated heterocycles. The first-order chi connectivity index (χ1) is 15.8. The van der Waals surface area contributed by atoms with Gasteiger partial charge in [0.2, 0.25) is 11.8 Å². The van der Waals surface area contributed by atoms with Crippen LogP contribution in [0.25, 0.3) is 10.9 Å². The summed E-state index contributed by atoms with van der Waals surface area (Å²) >= 11 is 0. The van der Waals surface area contributed by atoms with E-state index in [-0.39, 0.29) is 18.4 Å². The van der Waals surface area contributed by atoms with Crippen LogP contribution >= 0.6 is 0 Å². The summed E-state index contributed by atoms with van der Waals surface area (Å²) in [6, 6.07) is 5.90. The van der Waals surface area contributed by atoms with E-state index in [1.807, 2.05) is 42.8 Å². The number of urea groups is 1. The lowest BCUT2D eigenvalue weighted by Gasteiger charge is -2.23. The molecule has 2 aromatic rings. The van der Waals surface area contributed by atoms with Crippen molar-refractivity contribution in [2.24, 2.45) is 0 Å². The molecule has 1 atom stereocenters. The molecule has 33 heavy (non-hydrogen) atoms. The van der Waals surface area contributed by atoms with E-state index >= 15 is 0 Å². The van der Waals surface area contributed by atoms with Crippen LogP contribution in [0.15, 0.2) is 30.5 Å². The first-order valence-corrected chi connectivity index (χ1v) is 11.6. The average molecular weight is 454 g/mol. The Kier molecular flexibility index (Phi) is 6.14. The second kappa shape index (κ2) is 8.88. The lowest BCUT2D eigenvalue weighted by Crippen LogP contribution is -2.48. The number of nitrogens with zero attached hydrogens (tertiary/aromatic N) is 3. The first-order valence-electron chi connectivity index (χ1n) is 11.6. The van der Waals surface area contributed by atoms with Crippen LogP contribution in [0.2, 0.25) is 0 Å². The maximum Gasteiger partial charge on any atom is 0.325 e.